The van der Waals surface area contributed by atoms with Gasteiger partial charge in [0.2, 0.25) is 0 Å². The van der Waals surface area contributed by atoms with Crippen LogP contribution in [0.15, 0.2) is 61.4 Å². The van der Waals surface area contributed by atoms with Crippen molar-refractivity contribution in [3.05, 3.63) is 72.6 Å². The van der Waals surface area contributed by atoms with Gasteiger partial charge in [-0.15, -0.1) is 0 Å². The molecule has 0 saturated carbocycles. The van der Waals surface area contributed by atoms with Crippen LogP contribution < -0.4 is 5.32 Å². The molecule has 3 aromatic rings. The highest BCUT2D eigenvalue weighted by molar-refractivity contribution is 5.45. The van der Waals surface area contributed by atoms with Crippen LogP contribution in [-0.4, -0.2) is 14.5 Å². The van der Waals surface area contributed by atoms with Gasteiger partial charge in [-0.05, 0) is 43.2 Å². The van der Waals surface area contributed by atoms with Crippen LogP contribution in [0.2, 0.25) is 0 Å². The number of pyridine rings is 1. The molecule has 3 rings (SSSR count). The molecule has 0 saturated heterocycles. The maximum atomic E-state index is 4.21. The summed E-state index contributed by atoms with van der Waals surface area (Å²) in [5.74, 6) is 0. The molecule has 1 aromatic carbocycles. The van der Waals surface area contributed by atoms with Crippen LogP contribution in [0.5, 0.6) is 0 Å². The summed E-state index contributed by atoms with van der Waals surface area (Å²) in [6.45, 7) is 4.19. The molecule has 4 heteroatoms. The second kappa shape index (κ2) is 5.79. The number of aryl methyl sites for hydroxylation is 1. The summed E-state index contributed by atoms with van der Waals surface area (Å²) in [4.78, 5) is 8.27. The van der Waals surface area contributed by atoms with E-state index in [0.717, 1.165) is 16.9 Å². The Hall–Kier alpha value is -2.62. The molecule has 1 N–H and O–H groups in total. The lowest BCUT2D eigenvalue weighted by atomic mass is 10.1. The van der Waals surface area contributed by atoms with Gasteiger partial charge in [0.1, 0.15) is 0 Å². The number of benzene rings is 1. The van der Waals surface area contributed by atoms with Crippen molar-refractivity contribution < 1.29 is 0 Å². The van der Waals surface area contributed by atoms with E-state index in [9.17, 15) is 0 Å². The molecular weight excluding hydrogens is 260 g/mol. The van der Waals surface area contributed by atoms with Crippen molar-refractivity contribution in [1.29, 1.82) is 0 Å². The van der Waals surface area contributed by atoms with Gasteiger partial charge >= 0.3 is 0 Å². The lowest BCUT2D eigenvalue weighted by Gasteiger charge is -2.16. The Balaban J connectivity index is 1.74. The Morgan fingerprint density at radius 3 is 2.57 bits per heavy atom. The number of imidazole rings is 1. The smallest absolute Gasteiger partial charge is 0.0991 e. The van der Waals surface area contributed by atoms with Crippen molar-refractivity contribution in [3.8, 4) is 5.69 Å². The third-order valence-electron chi connectivity index (χ3n) is 3.45. The minimum atomic E-state index is 0.227. The predicted molar refractivity (Wildman–Crippen MR) is 84.6 cm³/mol. The van der Waals surface area contributed by atoms with Crippen LogP contribution in [0.3, 0.4) is 0 Å². The number of aromatic nitrogens is 3. The Kier molecular flexibility index (Phi) is 3.69. The van der Waals surface area contributed by atoms with Crippen LogP contribution in [0, 0.1) is 6.92 Å². The largest absolute Gasteiger partial charge is 0.377 e. The lowest BCUT2D eigenvalue weighted by Crippen LogP contribution is -2.07. The Morgan fingerprint density at radius 1 is 1.10 bits per heavy atom. The van der Waals surface area contributed by atoms with Gasteiger partial charge in [-0.3, -0.25) is 4.98 Å². The van der Waals surface area contributed by atoms with Gasteiger partial charge in [-0.1, -0.05) is 12.1 Å². The van der Waals surface area contributed by atoms with E-state index in [-0.39, 0.29) is 6.04 Å². The topological polar surface area (TPSA) is 42.7 Å². The third-order valence-corrected chi connectivity index (χ3v) is 3.45. The standard InChI is InChI=1S/C17H18N4/c1-13-9-16(11-19-10-13)20-14(2)15-3-5-17(6-4-15)21-8-7-18-12-21/h3-12,14,20H,1-2H3. The summed E-state index contributed by atoms with van der Waals surface area (Å²) in [5, 5.41) is 3.47. The zero-order valence-corrected chi connectivity index (χ0v) is 12.2. The zero-order chi connectivity index (χ0) is 14.7. The van der Waals surface area contributed by atoms with Crippen LogP contribution >= 0.6 is 0 Å². The Morgan fingerprint density at radius 2 is 1.90 bits per heavy atom. The second-order valence-corrected chi connectivity index (χ2v) is 5.18. The number of nitrogens with zero attached hydrogens (tertiary/aromatic N) is 3. The minimum absolute atomic E-state index is 0.227. The SMILES string of the molecule is Cc1cncc(NC(C)c2ccc(-n3ccnc3)cc2)c1. The van der Waals surface area contributed by atoms with Gasteiger partial charge in [0.15, 0.2) is 0 Å². The van der Waals surface area contributed by atoms with E-state index >= 15 is 0 Å². The summed E-state index contributed by atoms with van der Waals surface area (Å²) >= 11 is 0. The second-order valence-electron chi connectivity index (χ2n) is 5.18. The van der Waals surface area contributed by atoms with Crippen molar-refractivity contribution >= 4 is 5.69 Å². The maximum absolute atomic E-state index is 4.21. The number of hydrogen-bond acceptors (Lipinski definition) is 3. The molecular formula is C17H18N4. The highest BCUT2D eigenvalue weighted by atomic mass is 15.0. The van der Waals surface area contributed by atoms with Crippen molar-refractivity contribution in [1.82, 2.24) is 14.5 Å². The molecule has 2 heterocycles. The van der Waals surface area contributed by atoms with E-state index in [2.05, 4.69) is 52.5 Å². The number of hydrogen-bond donors (Lipinski definition) is 1. The molecule has 1 unspecified atom stereocenters. The van der Waals surface area contributed by atoms with E-state index in [1.165, 1.54) is 5.56 Å². The fourth-order valence-corrected chi connectivity index (χ4v) is 2.31. The maximum Gasteiger partial charge on any atom is 0.0991 e. The molecule has 21 heavy (non-hydrogen) atoms. The average Bonchev–Trinajstić information content (AvgIpc) is 3.01. The third kappa shape index (κ3) is 3.11. The first kappa shape index (κ1) is 13.4. The van der Waals surface area contributed by atoms with E-state index in [0.29, 0.717) is 0 Å². The summed E-state index contributed by atoms with van der Waals surface area (Å²) in [6, 6.07) is 10.8. The predicted octanol–water partition coefficient (Wildman–Crippen LogP) is 3.75. The van der Waals surface area contributed by atoms with Crippen LogP contribution in [0.1, 0.15) is 24.1 Å². The van der Waals surface area contributed by atoms with Crippen molar-refractivity contribution in [2.45, 2.75) is 19.9 Å². The summed E-state index contributed by atoms with van der Waals surface area (Å²) in [5.41, 5.74) is 4.55. The van der Waals surface area contributed by atoms with E-state index in [4.69, 9.17) is 0 Å². The molecule has 0 amide bonds. The number of rotatable bonds is 4. The molecule has 0 bridgehead atoms. The molecule has 106 valence electrons. The molecule has 4 nitrogen and oxygen atoms in total. The van der Waals surface area contributed by atoms with E-state index < -0.39 is 0 Å². The van der Waals surface area contributed by atoms with Gasteiger partial charge in [-0.25, -0.2) is 4.98 Å². The molecule has 0 radical (unpaired) electrons. The lowest BCUT2D eigenvalue weighted by molar-refractivity contribution is 0.880. The fourth-order valence-electron chi connectivity index (χ4n) is 2.31. The highest BCUT2D eigenvalue weighted by Gasteiger charge is 2.06. The zero-order valence-electron chi connectivity index (χ0n) is 12.2. The van der Waals surface area contributed by atoms with Gasteiger partial charge in [0.05, 0.1) is 12.0 Å². The van der Waals surface area contributed by atoms with Gasteiger partial charge in [-0.2, -0.15) is 0 Å². The number of nitrogens with one attached hydrogen (secondary N) is 1. The molecule has 0 aliphatic heterocycles. The fraction of sp³-hybridized carbons (Fsp3) is 0.176. The quantitative estimate of drug-likeness (QED) is 0.790. The first-order valence-electron chi connectivity index (χ1n) is 6.99. The van der Waals surface area contributed by atoms with Crippen LogP contribution in [-0.2, 0) is 0 Å². The minimum Gasteiger partial charge on any atom is -0.377 e. The van der Waals surface area contributed by atoms with Crippen LogP contribution in [0.4, 0.5) is 5.69 Å². The van der Waals surface area contributed by atoms with Crippen molar-refractivity contribution in [2.75, 3.05) is 5.32 Å². The summed E-state index contributed by atoms with van der Waals surface area (Å²) in [6.07, 6.45) is 9.23. The first-order valence-corrected chi connectivity index (χ1v) is 6.99. The summed E-state index contributed by atoms with van der Waals surface area (Å²) < 4.78 is 1.99. The van der Waals surface area contributed by atoms with Crippen LogP contribution in [0.25, 0.3) is 5.69 Å². The number of anilines is 1. The highest BCUT2D eigenvalue weighted by Crippen LogP contribution is 2.20. The Labute approximate surface area is 124 Å². The van der Waals surface area contributed by atoms with Crippen molar-refractivity contribution in [3.63, 3.8) is 0 Å². The van der Waals surface area contributed by atoms with Gasteiger partial charge in [0, 0.05) is 36.5 Å². The molecule has 1 atom stereocenters. The molecule has 0 fully saturated rings. The molecule has 2 aromatic heterocycles. The normalized spacial score (nSPS) is 12.1. The first-order chi connectivity index (χ1) is 10.2. The molecule has 0 spiro atoms. The Bertz CT molecular complexity index is 702. The van der Waals surface area contributed by atoms with E-state index in [1.54, 1.807) is 12.5 Å². The van der Waals surface area contributed by atoms with Crippen molar-refractivity contribution in [2.24, 2.45) is 0 Å². The summed E-state index contributed by atoms with van der Waals surface area (Å²) in [7, 11) is 0. The average molecular weight is 278 g/mol. The van der Waals surface area contributed by atoms with E-state index in [1.807, 2.05) is 30.1 Å². The molecule has 0 aliphatic carbocycles. The molecule has 0 aliphatic rings. The van der Waals surface area contributed by atoms with Gasteiger partial charge in [0.25, 0.3) is 0 Å². The monoisotopic (exact) mass is 278 g/mol. The van der Waals surface area contributed by atoms with Gasteiger partial charge < -0.3 is 9.88 Å².